The third-order valence-electron chi connectivity index (χ3n) is 4.57. The number of carboxylic acid groups (broad SMARTS) is 1. The van der Waals surface area contributed by atoms with E-state index in [-0.39, 0.29) is 22.5 Å². The van der Waals surface area contributed by atoms with Gasteiger partial charge in [-0.05, 0) is 23.8 Å². The molecule has 4 heterocycles. The van der Waals surface area contributed by atoms with E-state index in [1.807, 2.05) is 24.0 Å². The Hall–Kier alpha value is -2.40. The molecule has 6 nitrogen and oxygen atoms in total. The monoisotopic (exact) mass is 445 g/mol. The Morgan fingerprint density at radius 3 is 2.60 bits per heavy atom. The van der Waals surface area contributed by atoms with Crippen molar-refractivity contribution < 1.29 is 32.2 Å². The second-order valence-corrected chi connectivity index (χ2v) is 8.53. The number of aliphatic carboxylic acids is 1. The molecule has 0 radical (unpaired) electrons. The van der Waals surface area contributed by atoms with E-state index in [1.165, 1.54) is 11.6 Å². The lowest BCUT2D eigenvalue weighted by Crippen LogP contribution is -2.58. The van der Waals surface area contributed by atoms with Gasteiger partial charge in [-0.2, -0.15) is 13.2 Å². The van der Waals surface area contributed by atoms with Crippen LogP contribution in [0.15, 0.2) is 42.9 Å². The number of halogens is 4. The maximum atomic E-state index is 13.6. The molecule has 2 saturated heterocycles. The van der Waals surface area contributed by atoms with E-state index in [0.29, 0.717) is 0 Å². The zero-order valence-electron chi connectivity index (χ0n) is 15.7. The van der Waals surface area contributed by atoms with Gasteiger partial charge in [-0.15, -0.1) is 11.8 Å². The number of carbonyl (C=O) groups is 1. The maximum absolute atomic E-state index is 13.6. The highest BCUT2D eigenvalue weighted by Gasteiger charge is 2.49. The highest BCUT2D eigenvalue weighted by molar-refractivity contribution is 8.01. The van der Waals surface area contributed by atoms with Crippen LogP contribution in [0.25, 0.3) is 0 Å². The normalized spacial score (nSPS) is 20.2. The Bertz CT molecular complexity index is 864. The summed E-state index contributed by atoms with van der Waals surface area (Å²) < 4.78 is 51.4. The number of aromatic nitrogens is 2. The molecule has 2 aromatic rings. The van der Waals surface area contributed by atoms with Crippen molar-refractivity contribution in [3.8, 4) is 5.88 Å². The number of hydrogen-bond donors (Lipinski definition) is 1. The van der Waals surface area contributed by atoms with Crippen LogP contribution in [0.1, 0.15) is 12.0 Å². The lowest BCUT2D eigenvalue weighted by molar-refractivity contribution is -0.192. The number of carboxylic acids is 1. The molecular formula is C19H19F4N3O3S. The van der Waals surface area contributed by atoms with Crippen LogP contribution < -0.4 is 4.74 Å². The van der Waals surface area contributed by atoms with Gasteiger partial charge >= 0.3 is 12.1 Å². The standard InChI is InChI=1S/C17H18FN3OS.C2HF3O2/c18-15-4-2-6-20-16(15)22-14-7-17(23-10-14)11-21(12-17)9-13-3-1-5-19-8-13;3-2(4,5)1(6)7/h1-6,8,14H,7,9-12H2;(H,6,7). The van der Waals surface area contributed by atoms with E-state index >= 15 is 0 Å². The van der Waals surface area contributed by atoms with Crippen LogP contribution in [-0.4, -0.2) is 61.8 Å². The number of nitrogens with zero attached hydrogens (tertiary/aromatic N) is 3. The van der Waals surface area contributed by atoms with Gasteiger partial charge in [0, 0.05) is 55.1 Å². The summed E-state index contributed by atoms with van der Waals surface area (Å²) in [5, 5.41) is 7.12. The van der Waals surface area contributed by atoms with Gasteiger partial charge in [0.1, 0.15) is 6.10 Å². The average molecular weight is 445 g/mol. The van der Waals surface area contributed by atoms with Gasteiger partial charge in [0.2, 0.25) is 0 Å². The number of thioether (sulfide) groups is 1. The summed E-state index contributed by atoms with van der Waals surface area (Å²) in [6.45, 7) is 3.05. The Balaban J connectivity index is 0.000000318. The largest absolute Gasteiger partial charge is 0.490 e. The fourth-order valence-electron chi connectivity index (χ4n) is 3.34. The molecule has 2 aliphatic heterocycles. The lowest BCUT2D eigenvalue weighted by Gasteiger charge is -2.47. The number of likely N-dealkylation sites (tertiary alicyclic amines) is 1. The van der Waals surface area contributed by atoms with E-state index in [0.717, 1.165) is 31.8 Å². The summed E-state index contributed by atoms with van der Waals surface area (Å²) in [5.74, 6) is -2.11. The molecule has 4 rings (SSSR count). The summed E-state index contributed by atoms with van der Waals surface area (Å²) in [5.41, 5.74) is 1.24. The van der Waals surface area contributed by atoms with Crippen LogP contribution in [0.3, 0.4) is 0 Å². The van der Waals surface area contributed by atoms with Crippen molar-refractivity contribution in [2.45, 2.75) is 30.0 Å². The smallest absolute Gasteiger partial charge is 0.475 e. The van der Waals surface area contributed by atoms with Crippen molar-refractivity contribution in [1.29, 1.82) is 0 Å². The molecule has 1 unspecified atom stereocenters. The number of alkyl halides is 3. The van der Waals surface area contributed by atoms with Crippen LogP contribution in [0, 0.1) is 5.82 Å². The molecule has 11 heteroatoms. The summed E-state index contributed by atoms with van der Waals surface area (Å²) in [7, 11) is 0. The molecule has 2 aliphatic rings. The third-order valence-corrected chi connectivity index (χ3v) is 6.15. The molecule has 0 saturated carbocycles. The molecule has 162 valence electrons. The summed E-state index contributed by atoms with van der Waals surface area (Å²) >= 11 is 1.95. The zero-order valence-corrected chi connectivity index (χ0v) is 16.5. The predicted molar refractivity (Wildman–Crippen MR) is 102 cm³/mol. The molecule has 1 atom stereocenters. The highest BCUT2D eigenvalue weighted by atomic mass is 32.2. The average Bonchev–Trinajstić information content (AvgIpc) is 3.08. The molecule has 0 aliphatic carbocycles. The van der Waals surface area contributed by atoms with Crippen LogP contribution in [0.5, 0.6) is 5.88 Å². The fraction of sp³-hybridized carbons (Fsp3) is 0.421. The first kappa shape index (κ1) is 22.3. The first-order chi connectivity index (χ1) is 14.2. The van der Waals surface area contributed by atoms with Crippen LogP contribution in [0.4, 0.5) is 17.6 Å². The molecule has 0 amide bonds. The molecule has 1 spiro atoms. The molecular weight excluding hydrogens is 426 g/mol. The predicted octanol–water partition coefficient (Wildman–Crippen LogP) is 3.39. The topological polar surface area (TPSA) is 75.5 Å². The van der Waals surface area contributed by atoms with Crippen LogP contribution >= 0.6 is 11.8 Å². The highest BCUT2D eigenvalue weighted by Crippen LogP contribution is 2.46. The Labute approximate surface area is 174 Å². The summed E-state index contributed by atoms with van der Waals surface area (Å²) in [6.07, 6.45) is 1.20. The molecule has 2 aromatic heterocycles. The third kappa shape index (κ3) is 5.82. The van der Waals surface area contributed by atoms with Gasteiger partial charge in [0.15, 0.2) is 5.82 Å². The van der Waals surface area contributed by atoms with Crippen LogP contribution in [0.2, 0.25) is 0 Å². The minimum absolute atomic E-state index is 0.0462. The Morgan fingerprint density at radius 2 is 2.00 bits per heavy atom. The number of hydrogen-bond acceptors (Lipinski definition) is 6. The number of ether oxygens (including phenoxy) is 1. The van der Waals surface area contributed by atoms with Crippen molar-refractivity contribution in [3.05, 3.63) is 54.2 Å². The molecule has 0 aromatic carbocycles. The Kier molecular flexibility index (Phi) is 6.81. The fourth-order valence-corrected chi connectivity index (χ4v) is 4.92. The minimum Gasteiger partial charge on any atom is -0.475 e. The second-order valence-electron chi connectivity index (χ2n) is 7.04. The van der Waals surface area contributed by atoms with Gasteiger partial charge in [0.05, 0.1) is 0 Å². The second kappa shape index (κ2) is 9.17. The Morgan fingerprint density at radius 1 is 1.30 bits per heavy atom. The van der Waals surface area contributed by atoms with E-state index in [1.54, 1.807) is 18.5 Å². The van der Waals surface area contributed by atoms with Crippen molar-refractivity contribution in [2.75, 3.05) is 18.8 Å². The number of pyridine rings is 2. The van der Waals surface area contributed by atoms with Gasteiger partial charge in [-0.3, -0.25) is 9.88 Å². The van der Waals surface area contributed by atoms with Gasteiger partial charge in [-0.25, -0.2) is 14.2 Å². The van der Waals surface area contributed by atoms with E-state index in [9.17, 15) is 17.6 Å². The minimum atomic E-state index is -5.08. The molecule has 0 bridgehead atoms. The van der Waals surface area contributed by atoms with Gasteiger partial charge in [0.25, 0.3) is 5.88 Å². The maximum Gasteiger partial charge on any atom is 0.490 e. The van der Waals surface area contributed by atoms with Crippen molar-refractivity contribution in [3.63, 3.8) is 0 Å². The van der Waals surface area contributed by atoms with Crippen molar-refractivity contribution in [2.24, 2.45) is 0 Å². The first-order valence-electron chi connectivity index (χ1n) is 8.99. The van der Waals surface area contributed by atoms with Crippen molar-refractivity contribution in [1.82, 2.24) is 14.9 Å². The summed E-state index contributed by atoms with van der Waals surface area (Å²) in [6, 6.07) is 7.05. The zero-order chi connectivity index (χ0) is 21.8. The number of rotatable bonds is 4. The first-order valence-corrected chi connectivity index (χ1v) is 9.98. The van der Waals surface area contributed by atoms with Gasteiger partial charge < -0.3 is 9.84 Å². The van der Waals surface area contributed by atoms with Crippen LogP contribution in [-0.2, 0) is 11.3 Å². The van der Waals surface area contributed by atoms with E-state index < -0.39 is 12.1 Å². The van der Waals surface area contributed by atoms with E-state index in [4.69, 9.17) is 14.6 Å². The molecule has 1 N–H and O–H groups in total. The molecule has 30 heavy (non-hydrogen) atoms. The lowest BCUT2D eigenvalue weighted by atomic mass is 9.92. The summed E-state index contributed by atoms with van der Waals surface area (Å²) in [4.78, 5) is 19.5. The van der Waals surface area contributed by atoms with Crippen molar-refractivity contribution >= 4 is 17.7 Å². The quantitative estimate of drug-likeness (QED) is 0.723. The van der Waals surface area contributed by atoms with E-state index in [2.05, 4.69) is 20.9 Å². The SMILES string of the molecule is Fc1cccnc1OC1CSC2(C1)CN(Cc1cccnc1)C2.O=C(O)C(F)(F)F. The molecule has 2 fully saturated rings. The van der Waals surface area contributed by atoms with Gasteiger partial charge in [-0.1, -0.05) is 6.07 Å².